The molecule has 0 aliphatic rings. The fourth-order valence-electron chi connectivity index (χ4n) is 0.503. The minimum Gasteiger partial charge on any atom is -1.00 e. The first-order valence-corrected chi connectivity index (χ1v) is 3.58. The topological polar surface area (TPSA) is 77.3 Å². The number of aliphatic imine (C=N–C) groups is 1. The van der Waals surface area contributed by atoms with Gasteiger partial charge in [-0.15, -0.1) is 11.3 Å². The van der Waals surface area contributed by atoms with Crippen LogP contribution >= 0.6 is 11.3 Å². The van der Waals surface area contributed by atoms with Gasteiger partial charge in [0.2, 0.25) is 5.13 Å². The molecule has 0 radical (unpaired) electrons. The molecule has 11 heavy (non-hydrogen) atoms. The minimum atomic E-state index is 0. The molecule has 0 atom stereocenters. The predicted molar refractivity (Wildman–Crippen MR) is 42.3 cm³/mol. The van der Waals surface area contributed by atoms with Gasteiger partial charge in [0.25, 0.3) is 0 Å². The molecule has 0 amide bonds. The van der Waals surface area contributed by atoms with E-state index in [1.54, 1.807) is 0 Å². The standard InChI is InChI=1S/C5H8N4S.ClH/c1-3-2-10-5(8-3)9-4(6)7;/h2H,1H3,(H4,6,7,8,9);1H/p-1. The van der Waals surface area contributed by atoms with Crippen molar-refractivity contribution in [2.24, 2.45) is 16.5 Å². The van der Waals surface area contributed by atoms with Gasteiger partial charge in [-0.1, -0.05) is 0 Å². The number of aromatic nitrogens is 1. The first-order valence-electron chi connectivity index (χ1n) is 2.70. The second-order valence-corrected chi connectivity index (χ2v) is 2.64. The van der Waals surface area contributed by atoms with E-state index < -0.39 is 0 Å². The number of hydrogen-bond acceptors (Lipinski definition) is 3. The Morgan fingerprint density at radius 3 is 2.64 bits per heavy atom. The Labute approximate surface area is 74.7 Å². The van der Waals surface area contributed by atoms with Gasteiger partial charge in [0.15, 0.2) is 5.96 Å². The zero-order valence-electron chi connectivity index (χ0n) is 5.91. The van der Waals surface area contributed by atoms with E-state index in [-0.39, 0.29) is 18.4 Å². The lowest BCUT2D eigenvalue weighted by atomic mass is 10.6. The molecule has 0 aliphatic heterocycles. The van der Waals surface area contributed by atoms with E-state index in [0.717, 1.165) is 5.69 Å². The highest BCUT2D eigenvalue weighted by molar-refractivity contribution is 7.13. The van der Waals surface area contributed by atoms with E-state index in [4.69, 9.17) is 11.5 Å². The molecule has 1 aromatic heterocycles. The smallest absolute Gasteiger partial charge is 0.212 e. The molecule has 0 aliphatic carbocycles. The van der Waals surface area contributed by atoms with Gasteiger partial charge in [-0.05, 0) is 6.92 Å². The van der Waals surface area contributed by atoms with Crippen LogP contribution in [0.3, 0.4) is 0 Å². The number of hydrogen-bond donors (Lipinski definition) is 2. The third-order valence-corrected chi connectivity index (χ3v) is 1.68. The zero-order valence-corrected chi connectivity index (χ0v) is 7.49. The molecule has 0 unspecified atom stereocenters. The maximum Gasteiger partial charge on any atom is 0.212 e. The van der Waals surface area contributed by atoms with Crippen molar-refractivity contribution in [1.29, 1.82) is 0 Å². The van der Waals surface area contributed by atoms with E-state index in [0.29, 0.717) is 5.13 Å². The van der Waals surface area contributed by atoms with E-state index in [9.17, 15) is 0 Å². The lowest BCUT2D eigenvalue weighted by Gasteiger charge is -1.84. The molecule has 0 saturated heterocycles. The highest BCUT2D eigenvalue weighted by Crippen LogP contribution is 2.16. The zero-order chi connectivity index (χ0) is 7.56. The first kappa shape index (κ1) is 10.2. The van der Waals surface area contributed by atoms with Crippen LogP contribution < -0.4 is 23.9 Å². The minimum absolute atomic E-state index is 0. The second kappa shape index (κ2) is 4.15. The molecule has 4 N–H and O–H groups in total. The highest BCUT2D eigenvalue weighted by atomic mass is 35.5. The number of halogens is 1. The molecule has 0 spiro atoms. The van der Waals surface area contributed by atoms with Gasteiger partial charge in [0.05, 0.1) is 5.69 Å². The summed E-state index contributed by atoms with van der Waals surface area (Å²) >= 11 is 1.42. The molecule has 1 rings (SSSR count). The van der Waals surface area contributed by atoms with Crippen LogP contribution in [0.5, 0.6) is 0 Å². The third kappa shape index (κ3) is 3.20. The molecule has 0 saturated carbocycles. The normalized spacial score (nSPS) is 8.45. The monoisotopic (exact) mass is 191 g/mol. The fourth-order valence-corrected chi connectivity index (χ4v) is 1.19. The van der Waals surface area contributed by atoms with Gasteiger partial charge in [-0.3, -0.25) is 0 Å². The molecule has 0 fully saturated rings. The van der Waals surface area contributed by atoms with Crippen molar-refractivity contribution in [2.45, 2.75) is 6.92 Å². The van der Waals surface area contributed by atoms with Crippen LogP contribution in [0.4, 0.5) is 5.13 Å². The van der Waals surface area contributed by atoms with Gasteiger partial charge >= 0.3 is 0 Å². The maximum absolute atomic E-state index is 5.13. The predicted octanol–water partition coefficient (Wildman–Crippen LogP) is -2.64. The lowest BCUT2D eigenvalue weighted by molar-refractivity contribution is -0.00000255. The van der Waals surface area contributed by atoms with Crippen molar-refractivity contribution in [1.82, 2.24) is 4.98 Å². The molecule has 62 valence electrons. The van der Waals surface area contributed by atoms with Crippen LogP contribution in [0.15, 0.2) is 10.4 Å². The average molecular weight is 192 g/mol. The van der Waals surface area contributed by atoms with Crippen LogP contribution in [0.25, 0.3) is 0 Å². The van der Waals surface area contributed by atoms with E-state index in [1.165, 1.54) is 11.3 Å². The van der Waals surface area contributed by atoms with Crippen molar-refractivity contribution in [3.63, 3.8) is 0 Å². The summed E-state index contributed by atoms with van der Waals surface area (Å²) in [5, 5.41) is 2.50. The van der Waals surface area contributed by atoms with Gasteiger partial charge in [0, 0.05) is 5.38 Å². The number of nitrogens with zero attached hydrogens (tertiary/aromatic N) is 2. The molecule has 0 bridgehead atoms. The van der Waals surface area contributed by atoms with Crippen molar-refractivity contribution in [2.75, 3.05) is 0 Å². The van der Waals surface area contributed by atoms with Crippen molar-refractivity contribution >= 4 is 22.4 Å². The average Bonchev–Trinajstić information content (AvgIpc) is 2.13. The van der Waals surface area contributed by atoms with Gasteiger partial charge in [-0.25, -0.2) is 4.98 Å². The Bertz CT molecular complexity index is 253. The van der Waals surface area contributed by atoms with Crippen molar-refractivity contribution < 1.29 is 12.4 Å². The Morgan fingerprint density at radius 2 is 2.27 bits per heavy atom. The molecule has 1 aromatic rings. The van der Waals surface area contributed by atoms with Crippen LogP contribution in [0.1, 0.15) is 5.69 Å². The lowest BCUT2D eigenvalue weighted by Crippen LogP contribution is -3.00. The molecule has 0 aromatic carbocycles. The van der Waals surface area contributed by atoms with Crippen LogP contribution in [0.2, 0.25) is 0 Å². The number of thiazole rings is 1. The second-order valence-electron chi connectivity index (χ2n) is 1.81. The molecular formula is C5H8ClN4S-. The number of aryl methyl sites for hydroxylation is 1. The van der Waals surface area contributed by atoms with E-state index in [2.05, 4.69) is 9.98 Å². The number of rotatable bonds is 1. The Balaban J connectivity index is 0.000001000. The summed E-state index contributed by atoms with van der Waals surface area (Å²) < 4.78 is 0. The van der Waals surface area contributed by atoms with Crippen molar-refractivity contribution in [3.8, 4) is 0 Å². The van der Waals surface area contributed by atoms with Gasteiger partial charge in [-0.2, -0.15) is 4.99 Å². The summed E-state index contributed by atoms with van der Waals surface area (Å²) in [5.74, 6) is 0.0503. The molecule has 4 nitrogen and oxygen atoms in total. The quantitative estimate of drug-likeness (QED) is 0.377. The Kier molecular flexibility index (Phi) is 3.84. The van der Waals surface area contributed by atoms with E-state index >= 15 is 0 Å². The summed E-state index contributed by atoms with van der Waals surface area (Å²) in [7, 11) is 0. The van der Waals surface area contributed by atoms with Crippen LogP contribution in [-0.4, -0.2) is 10.9 Å². The highest BCUT2D eigenvalue weighted by Gasteiger charge is 1.93. The van der Waals surface area contributed by atoms with Crippen LogP contribution in [0, 0.1) is 6.92 Å². The van der Waals surface area contributed by atoms with E-state index in [1.807, 2.05) is 12.3 Å². The maximum atomic E-state index is 5.13. The van der Waals surface area contributed by atoms with Gasteiger partial charge in [0.1, 0.15) is 0 Å². The molecule has 1 heterocycles. The van der Waals surface area contributed by atoms with Crippen LogP contribution in [-0.2, 0) is 0 Å². The van der Waals surface area contributed by atoms with Crippen molar-refractivity contribution in [3.05, 3.63) is 11.1 Å². The summed E-state index contributed by atoms with van der Waals surface area (Å²) in [6.45, 7) is 1.89. The molecular weight excluding hydrogens is 184 g/mol. The van der Waals surface area contributed by atoms with Gasteiger partial charge < -0.3 is 23.9 Å². The number of nitrogens with two attached hydrogens (primary N) is 2. The largest absolute Gasteiger partial charge is 1.00 e. The Hall–Kier alpha value is -0.810. The first-order chi connectivity index (χ1) is 4.68. The summed E-state index contributed by atoms with van der Waals surface area (Å²) in [6, 6.07) is 0. The fraction of sp³-hybridized carbons (Fsp3) is 0.200. The summed E-state index contributed by atoms with van der Waals surface area (Å²) in [5.41, 5.74) is 11.2. The third-order valence-electron chi connectivity index (χ3n) is 0.832. The summed E-state index contributed by atoms with van der Waals surface area (Å²) in [4.78, 5) is 7.78. The molecule has 6 heteroatoms. The number of guanidine groups is 1. The SMILES string of the molecule is Cc1csc(N=C(N)N)n1.[Cl-]. The Morgan fingerprint density at radius 1 is 1.64 bits per heavy atom. The summed E-state index contributed by atoms with van der Waals surface area (Å²) in [6.07, 6.45) is 0.